The first-order valence-electron chi connectivity index (χ1n) is 7.23. The number of hydrogen-bond donors (Lipinski definition) is 1. The molecule has 1 unspecified atom stereocenters. The first-order chi connectivity index (χ1) is 9.19. The van der Waals surface area contributed by atoms with E-state index in [0.29, 0.717) is 18.6 Å². The third kappa shape index (κ3) is 5.06. The van der Waals surface area contributed by atoms with Gasteiger partial charge in [0.25, 0.3) is 0 Å². The molecule has 0 spiro atoms. The summed E-state index contributed by atoms with van der Waals surface area (Å²) in [6, 6.07) is 9.04. The molecule has 1 atom stereocenters. The maximum absolute atomic E-state index is 5.99. The van der Waals surface area contributed by atoms with Gasteiger partial charge in [-0.25, -0.2) is 0 Å². The zero-order valence-corrected chi connectivity index (χ0v) is 13.4. The summed E-state index contributed by atoms with van der Waals surface area (Å²) >= 11 is 0. The molecule has 1 heterocycles. The predicted molar refractivity (Wildman–Crippen MR) is 86.1 cm³/mol. The van der Waals surface area contributed by atoms with Crippen LogP contribution in [0.15, 0.2) is 24.3 Å². The Morgan fingerprint density at radius 2 is 1.95 bits per heavy atom. The topological polar surface area (TPSA) is 38.5 Å². The van der Waals surface area contributed by atoms with Gasteiger partial charge in [-0.15, -0.1) is 12.4 Å². The molecule has 1 saturated heterocycles. The third-order valence-electron chi connectivity index (χ3n) is 4.08. The maximum atomic E-state index is 5.99. The molecule has 3 nitrogen and oxygen atoms in total. The van der Waals surface area contributed by atoms with Crippen molar-refractivity contribution in [2.24, 2.45) is 11.7 Å². The SMILES string of the molecule is COCc1cccc(CN2CCC(C(C)N)CC2)c1.Cl. The van der Waals surface area contributed by atoms with Crippen molar-refractivity contribution >= 4 is 12.4 Å². The van der Waals surface area contributed by atoms with Gasteiger partial charge in [0.15, 0.2) is 0 Å². The first kappa shape index (κ1) is 17.4. The quantitative estimate of drug-likeness (QED) is 0.908. The van der Waals surface area contributed by atoms with Crippen LogP contribution in [0.5, 0.6) is 0 Å². The molecule has 1 aromatic carbocycles. The molecule has 2 rings (SSSR count). The fourth-order valence-electron chi connectivity index (χ4n) is 2.88. The minimum absolute atomic E-state index is 0. The van der Waals surface area contributed by atoms with Crippen molar-refractivity contribution in [1.29, 1.82) is 0 Å². The molecule has 0 radical (unpaired) electrons. The largest absolute Gasteiger partial charge is 0.380 e. The fourth-order valence-corrected chi connectivity index (χ4v) is 2.88. The summed E-state index contributed by atoms with van der Waals surface area (Å²) in [5.41, 5.74) is 8.62. The Labute approximate surface area is 128 Å². The highest BCUT2D eigenvalue weighted by atomic mass is 35.5. The van der Waals surface area contributed by atoms with Crippen LogP contribution in [0.1, 0.15) is 30.9 Å². The van der Waals surface area contributed by atoms with E-state index >= 15 is 0 Å². The maximum Gasteiger partial charge on any atom is 0.0713 e. The van der Waals surface area contributed by atoms with Gasteiger partial charge in [0.05, 0.1) is 6.61 Å². The Morgan fingerprint density at radius 1 is 1.30 bits per heavy atom. The molecule has 2 N–H and O–H groups in total. The molecular weight excluding hydrogens is 272 g/mol. The molecule has 0 aliphatic carbocycles. The number of hydrogen-bond acceptors (Lipinski definition) is 3. The summed E-state index contributed by atoms with van der Waals surface area (Å²) in [5.74, 6) is 0.705. The lowest BCUT2D eigenvalue weighted by Gasteiger charge is -2.33. The standard InChI is InChI=1S/C16H26N2O.ClH/c1-13(17)16-6-8-18(9-7-16)11-14-4-3-5-15(10-14)12-19-2;/h3-5,10,13,16H,6-9,11-12,17H2,1-2H3;1H. The molecule has 0 bridgehead atoms. The molecular formula is C16H27ClN2O. The van der Waals surface area contributed by atoms with Crippen LogP contribution in [0.2, 0.25) is 0 Å². The van der Waals surface area contributed by atoms with Crippen molar-refractivity contribution in [1.82, 2.24) is 4.90 Å². The van der Waals surface area contributed by atoms with Gasteiger partial charge in [-0.05, 0) is 49.9 Å². The van der Waals surface area contributed by atoms with Crippen LogP contribution in [0.25, 0.3) is 0 Å². The Bertz CT molecular complexity index is 390. The second-order valence-corrected chi connectivity index (χ2v) is 5.73. The van der Waals surface area contributed by atoms with E-state index < -0.39 is 0 Å². The number of rotatable bonds is 5. The van der Waals surface area contributed by atoms with Crippen molar-refractivity contribution in [3.63, 3.8) is 0 Å². The Balaban J connectivity index is 0.00000200. The smallest absolute Gasteiger partial charge is 0.0713 e. The van der Waals surface area contributed by atoms with Gasteiger partial charge in [-0.2, -0.15) is 0 Å². The van der Waals surface area contributed by atoms with Crippen molar-refractivity contribution in [3.8, 4) is 0 Å². The van der Waals surface area contributed by atoms with Gasteiger partial charge in [-0.1, -0.05) is 24.3 Å². The average Bonchev–Trinajstić information content (AvgIpc) is 2.40. The second-order valence-electron chi connectivity index (χ2n) is 5.73. The Morgan fingerprint density at radius 3 is 2.55 bits per heavy atom. The predicted octanol–water partition coefficient (Wildman–Crippen LogP) is 2.81. The Kier molecular flexibility index (Phi) is 7.52. The van der Waals surface area contributed by atoms with E-state index in [1.807, 2.05) is 0 Å². The van der Waals surface area contributed by atoms with Crippen LogP contribution in [0.3, 0.4) is 0 Å². The number of methoxy groups -OCH3 is 1. The van der Waals surface area contributed by atoms with E-state index in [0.717, 1.165) is 6.54 Å². The third-order valence-corrected chi connectivity index (χ3v) is 4.08. The van der Waals surface area contributed by atoms with Crippen LogP contribution in [0.4, 0.5) is 0 Å². The van der Waals surface area contributed by atoms with Crippen LogP contribution in [0, 0.1) is 5.92 Å². The van der Waals surface area contributed by atoms with Crippen LogP contribution >= 0.6 is 12.4 Å². The van der Waals surface area contributed by atoms with Crippen molar-refractivity contribution in [2.45, 2.75) is 39.0 Å². The van der Waals surface area contributed by atoms with Crippen LogP contribution in [-0.2, 0) is 17.9 Å². The van der Waals surface area contributed by atoms with E-state index in [1.54, 1.807) is 7.11 Å². The Hall–Kier alpha value is -0.610. The minimum Gasteiger partial charge on any atom is -0.380 e. The molecule has 20 heavy (non-hydrogen) atoms. The molecule has 0 amide bonds. The van der Waals surface area contributed by atoms with Gasteiger partial charge in [0.2, 0.25) is 0 Å². The zero-order chi connectivity index (χ0) is 13.7. The normalized spacial score (nSPS) is 18.6. The highest BCUT2D eigenvalue weighted by molar-refractivity contribution is 5.85. The number of halogens is 1. The van der Waals surface area contributed by atoms with Gasteiger partial charge < -0.3 is 10.5 Å². The summed E-state index contributed by atoms with van der Waals surface area (Å²) in [5, 5.41) is 0. The lowest BCUT2D eigenvalue weighted by Crippen LogP contribution is -2.39. The summed E-state index contributed by atoms with van der Waals surface area (Å²) in [6.07, 6.45) is 2.46. The highest BCUT2D eigenvalue weighted by Gasteiger charge is 2.21. The molecule has 4 heteroatoms. The van der Waals surface area contributed by atoms with Gasteiger partial charge in [-0.3, -0.25) is 4.90 Å². The zero-order valence-electron chi connectivity index (χ0n) is 12.5. The van der Waals surface area contributed by atoms with Crippen molar-refractivity contribution in [3.05, 3.63) is 35.4 Å². The van der Waals surface area contributed by atoms with Crippen molar-refractivity contribution in [2.75, 3.05) is 20.2 Å². The summed E-state index contributed by atoms with van der Waals surface area (Å²) < 4.78 is 5.19. The summed E-state index contributed by atoms with van der Waals surface area (Å²) in [7, 11) is 1.74. The van der Waals surface area contributed by atoms with E-state index in [1.165, 1.54) is 37.1 Å². The average molecular weight is 299 g/mol. The van der Waals surface area contributed by atoms with E-state index in [2.05, 4.69) is 36.1 Å². The van der Waals surface area contributed by atoms with E-state index in [9.17, 15) is 0 Å². The summed E-state index contributed by atoms with van der Waals surface area (Å²) in [4.78, 5) is 2.53. The number of nitrogens with two attached hydrogens (primary N) is 1. The number of ether oxygens (including phenoxy) is 1. The number of likely N-dealkylation sites (tertiary alicyclic amines) is 1. The summed E-state index contributed by atoms with van der Waals surface area (Å²) in [6.45, 7) is 6.21. The monoisotopic (exact) mass is 298 g/mol. The van der Waals surface area contributed by atoms with E-state index in [4.69, 9.17) is 10.5 Å². The molecule has 1 fully saturated rings. The number of nitrogens with zero attached hydrogens (tertiary/aromatic N) is 1. The van der Waals surface area contributed by atoms with Gasteiger partial charge >= 0.3 is 0 Å². The van der Waals surface area contributed by atoms with Crippen LogP contribution in [-0.4, -0.2) is 31.1 Å². The van der Waals surface area contributed by atoms with Crippen LogP contribution < -0.4 is 5.73 Å². The highest BCUT2D eigenvalue weighted by Crippen LogP contribution is 2.21. The first-order valence-corrected chi connectivity index (χ1v) is 7.23. The fraction of sp³-hybridized carbons (Fsp3) is 0.625. The molecule has 0 saturated carbocycles. The second kappa shape index (κ2) is 8.63. The lowest BCUT2D eigenvalue weighted by molar-refractivity contribution is 0.165. The molecule has 1 aliphatic rings. The van der Waals surface area contributed by atoms with E-state index in [-0.39, 0.29) is 12.4 Å². The van der Waals surface area contributed by atoms with Gasteiger partial charge in [0, 0.05) is 19.7 Å². The van der Waals surface area contributed by atoms with Crippen molar-refractivity contribution < 1.29 is 4.74 Å². The molecule has 1 aliphatic heterocycles. The lowest BCUT2D eigenvalue weighted by atomic mass is 9.91. The van der Waals surface area contributed by atoms with Gasteiger partial charge in [0.1, 0.15) is 0 Å². The minimum atomic E-state index is 0. The molecule has 114 valence electrons. The molecule has 1 aromatic rings. The number of piperidine rings is 1. The number of benzene rings is 1. The molecule has 0 aromatic heterocycles.